The molecule has 0 N–H and O–H groups in total. The van der Waals surface area contributed by atoms with Gasteiger partial charge in [0.05, 0.1) is 22.2 Å². The van der Waals surface area contributed by atoms with Crippen molar-refractivity contribution >= 4 is 46.7 Å². The van der Waals surface area contributed by atoms with Crippen LogP contribution in [0, 0.1) is 0 Å². The third kappa shape index (κ3) is 6.50. The van der Waals surface area contributed by atoms with Gasteiger partial charge in [-0.1, -0.05) is 46.9 Å². The highest BCUT2D eigenvalue weighted by Crippen LogP contribution is 2.34. The number of ether oxygens (including phenoxy) is 2. The molecule has 1 fully saturated rings. The van der Waals surface area contributed by atoms with Crippen LogP contribution in [0.4, 0.5) is 0 Å². The Bertz CT molecular complexity index is 906. The first-order valence-corrected chi connectivity index (χ1v) is 11.0. The summed E-state index contributed by atoms with van der Waals surface area (Å²) in [6, 6.07) is 10.6. The number of nitrogens with zero attached hydrogens (tertiary/aromatic N) is 2. The Morgan fingerprint density at radius 1 is 0.968 bits per heavy atom. The van der Waals surface area contributed by atoms with Gasteiger partial charge in [0.25, 0.3) is 5.91 Å². The maximum absolute atomic E-state index is 12.6. The van der Waals surface area contributed by atoms with E-state index in [1.807, 2.05) is 24.3 Å². The second-order valence-electron chi connectivity index (χ2n) is 7.06. The smallest absolute Gasteiger partial charge is 0.338 e. The Morgan fingerprint density at radius 2 is 1.58 bits per heavy atom. The molecule has 0 radical (unpaired) electrons. The molecule has 0 saturated carbocycles. The van der Waals surface area contributed by atoms with Gasteiger partial charge in [-0.3, -0.25) is 9.69 Å². The Balaban J connectivity index is 1.50. The molecule has 9 heteroatoms. The fraction of sp³-hybridized carbons (Fsp3) is 0.364. The van der Waals surface area contributed by atoms with Crippen molar-refractivity contribution in [1.29, 1.82) is 0 Å². The van der Waals surface area contributed by atoms with Gasteiger partial charge in [0.2, 0.25) is 0 Å². The quantitative estimate of drug-likeness (QED) is 0.539. The van der Waals surface area contributed by atoms with E-state index in [9.17, 15) is 9.59 Å². The van der Waals surface area contributed by atoms with Crippen molar-refractivity contribution in [1.82, 2.24) is 9.80 Å². The van der Waals surface area contributed by atoms with E-state index in [0.29, 0.717) is 13.1 Å². The number of hydrogen-bond donors (Lipinski definition) is 0. The van der Waals surface area contributed by atoms with E-state index in [0.717, 1.165) is 24.7 Å². The number of benzene rings is 2. The van der Waals surface area contributed by atoms with Gasteiger partial charge in [-0.2, -0.15) is 0 Å². The zero-order valence-corrected chi connectivity index (χ0v) is 19.3. The third-order valence-electron chi connectivity index (χ3n) is 4.89. The monoisotopic (exact) mass is 484 g/mol. The second kappa shape index (κ2) is 11.0. The van der Waals surface area contributed by atoms with Crippen molar-refractivity contribution in [2.45, 2.75) is 13.5 Å². The molecule has 31 heavy (non-hydrogen) atoms. The molecule has 0 aliphatic carbocycles. The van der Waals surface area contributed by atoms with Gasteiger partial charge in [0, 0.05) is 37.7 Å². The average molecular weight is 486 g/mol. The van der Waals surface area contributed by atoms with Crippen LogP contribution in [-0.2, 0) is 16.1 Å². The van der Waals surface area contributed by atoms with Gasteiger partial charge in [-0.05, 0) is 36.8 Å². The van der Waals surface area contributed by atoms with E-state index in [1.165, 1.54) is 17.7 Å². The molecule has 2 aromatic carbocycles. The lowest BCUT2D eigenvalue weighted by molar-refractivity contribution is -0.135. The summed E-state index contributed by atoms with van der Waals surface area (Å²) < 4.78 is 10.5. The molecule has 1 heterocycles. The third-order valence-corrected chi connectivity index (χ3v) is 5.71. The molecule has 1 aliphatic rings. The fourth-order valence-corrected chi connectivity index (χ4v) is 3.98. The standard InChI is InChI=1S/C22H23Cl3N2O4/c1-2-30-22(29)16-11-18(24)21(19(25)12-16)31-14-20(28)27-9-7-26(8-10-27)13-15-3-5-17(23)6-4-15/h3-6,11-12H,2,7-10,13-14H2,1H3. The molecule has 6 nitrogen and oxygen atoms in total. The highest BCUT2D eigenvalue weighted by atomic mass is 35.5. The van der Waals surface area contributed by atoms with Gasteiger partial charge in [0.1, 0.15) is 0 Å². The van der Waals surface area contributed by atoms with Crippen LogP contribution in [0.15, 0.2) is 36.4 Å². The van der Waals surface area contributed by atoms with E-state index in [4.69, 9.17) is 44.3 Å². The number of hydrogen-bond acceptors (Lipinski definition) is 5. The Labute approximate surface area is 196 Å². The molecule has 0 bridgehead atoms. The highest BCUT2D eigenvalue weighted by Gasteiger charge is 2.22. The summed E-state index contributed by atoms with van der Waals surface area (Å²) in [5, 5.41) is 1.02. The SMILES string of the molecule is CCOC(=O)c1cc(Cl)c(OCC(=O)N2CCN(Cc3ccc(Cl)cc3)CC2)c(Cl)c1. The topological polar surface area (TPSA) is 59.1 Å². The average Bonchev–Trinajstić information content (AvgIpc) is 2.75. The number of esters is 1. The lowest BCUT2D eigenvalue weighted by Gasteiger charge is -2.34. The molecule has 2 aromatic rings. The predicted molar refractivity (Wildman–Crippen MR) is 121 cm³/mol. The number of amides is 1. The van der Waals surface area contributed by atoms with Crippen molar-refractivity contribution < 1.29 is 19.1 Å². The van der Waals surface area contributed by atoms with Crippen LogP contribution in [0.25, 0.3) is 0 Å². The molecule has 0 atom stereocenters. The lowest BCUT2D eigenvalue weighted by Crippen LogP contribution is -2.49. The zero-order chi connectivity index (χ0) is 22.4. The summed E-state index contributed by atoms with van der Waals surface area (Å²) in [5.41, 5.74) is 1.41. The number of piperazine rings is 1. The van der Waals surface area contributed by atoms with Crippen LogP contribution in [0.5, 0.6) is 5.75 Å². The summed E-state index contributed by atoms with van der Waals surface area (Å²) in [6.07, 6.45) is 0. The molecule has 1 aliphatic heterocycles. The van der Waals surface area contributed by atoms with Crippen molar-refractivity contribution in [2.75, 3.05) is 39.4 Å². The Kier molecular flexibility index (Phi) is 8.43. The maximum atomic E-state index is 12.6. The Morgan fingerprint density at radius 3 is 2.16 bits per heavy atom. The summed E-state index contributed by atoms with van der Waals surface area (Å²) in [5.74, 6) is -0.496. The van der Waals surface area contributed by atoms with E-state index >= 15 is 0 Å². The van der Waals surface area contributed by atoms with Crippen LogP contribution in [0.1, 0.15) is 22.8 Å². The summed E-state index contributed by atoms with van der Waals surface area (Å²) in [4.78, 5) is 28.4. The Hall–Kier alpha value is -1.99. The molecule has 1 saturated heterocycles. The van der Waals surface area contributed by atoms with Gasteiger partial charge in [0.15, 0.2) is 12.4 Å². The lowest BCUT2D eigenvalue weighted by atomic mass is 10.2. The van der Waals surface area contributed by atoms with E-state index in [1.54, 1.807) is 11.8 Å². The number of carbonyl (C=O) groups is 2. The van der Waals surface area contributed by atoms with Crippen LogP contribution in [0.3, 0.4) is 0 Å². The minimum absolute atomic E-state index is 0.146. The van der Waals surface area contributed by atoms with E-state index in [-0.39, 0.29) is 40.5 Å². The van der Waals surface area contributed by atoms with Crippen LogP contribution in [-0.4, -0.2) is 61.1 Å². The largest absolute Gasteiger partial charge is 0.481 e. The normalized spacial score (nSPS) is 14.4. The van der Waals surface area contributed by atoms with Gasteiger partial charge < -0.3 is 14.4 Å². The highest BCUT2D eigenvalue weighted by molar-refractivity contribution is 6.37. The summed E-state index contributed by atoms with van der Waals surface area (Å²) in [6.45, 7) is 5.34. The fourth-order valence-electron chi connectivity index (χ4n) is 3.26. The summed E-state index contributed by atoms with van der Waals surface area (Å²) in [7, 11) is 0. The molecule has 0 aromatic heterocycles. The molecule has 0 unspecified atom stereocenters. The zero-order valence-electron chi connectivity index (χ0n) is 17.1. The molecule has 0 spiro atoms. The molecular weight excluding hydrogens is 463 g/mol. The van der Waals surface area contributed by atoms with Crippen LogP contribution >= 0.6 is 34.8 Å². The molecule has 3 rings (SSSR count). The second-order valence-corrected chi connectivity index (χ2v) is 8.31. The van der Waals surface area contributed by atoms with Gasteiger partial charge in [-0.15, -0.1) is 0 Å². The first kappa shape index (κ1) is 23.7. The maximum Gasteiger partial charge on any atom is 0.338 e. The molecular formula is C22H23Cl3N2O4. The van der Waals surface area contributed by atoms with Gasteiger partial charge >= 0.3 is 5.97 Å². The van der Waals surface area contributed by atoms with Crippen molar-refractivity contribution in [3.05, 3.63) is 62.6 Å². The minimum atomic E-state index is -0.523. The van der Waals surface area contributed by atoms with Crippen LogP contribution in [0.2, 0.25) is 15.1 Å². The number of halogens is 3. The van der Waals surface area contributed by atoms with Crippen molar-refractivity contribution in [3.63, 3.8) is 0 Å². The van der Waals surface area contributed by atoms with E-state index < -0.39 is 5.97 Å². The summed E-state index contributed by atoms with van der Waals surface area (Å²) >= 11 is 18.3. The molecule has 166 valence electrons. The van der Waals surface area contributed by atoms with Crippen molar-refractivity contribution in [3.8, 4) is 5.75 Å². The van der Waals surface area contributed by atoms with Crippen LogP contribution < -0.4 is 4.74 Å². The number of carbonyl (C=O) groups excluding carboxylic acids is 2. The van der Waals surface area contributed by atoms with Crippen molar-refractivity contribution in [2.24, 2.45) is 0 Å². The van der Waals surface area contributed by atoms with E-state index in [2.05, 4.69) is 4.90 Å². The first-order valence-electron chi connectivity index (χ1n) is 9.91. The minimum Gasteiger partial charge on any atom is -0.481 e. The predicted octanol–water partition coefficient (Wildman–Crippen LogP) is 4.55. The first-order chi connectivity index (χ1) is 14.9. The van der Waals surface area contributed by atoms with Gasteiger partial charge in [-0.25, -0.2) is 4.79 Å². The molecule has 1 amide bonds. The number of rotatable bonds is 7.